The van der Waals surface area contributed by atoms with Crippen LogP contribution in [0.25, 0.3) is 5.69 Å². The lowest BCUT2D eigenvalue weighted by molar-refractivity contribution is 0.102. The highest BCUT2D eigenvalue weighted by Crippen LogP contribution is 2.25. The minimum Gasteiger partial charge on any atom is -0.438 e. The second kappa shape index (κ2) is 8.61. The van der Waals surface area contributed by atoms with Crippen molar-refractivity contribution in [3.63, 3.8) is 0 Å². The molecule has 1 N–H and O–H groups in total. The smallest absolute Gasteiger partial charge is 0.295 e. The van der Waals surface area contributed by atoms with Crippen molar-refractivity contribution < 1.29 is 9.53 Å². The molecule has 4 aromatic rings. The maximum absolute atomic E-state index is 13.1. The zero-order valence-corrected chi connectivity index (χ0v) is 18.5. The molecule has 0 radical (unpaired) electrons. The minimum atomic E-state index is -0.480. The van der Waals surface area contributed by atoms with Crippen molar-refractivity contribution in [3.05, 3.63) is 99.0 Å². The predicted molar refractivity (Wildman–Crippen MR) is 122 cm³/mol. The minimum absolute atomic E-state index is 0.152. The first kappa shape index (κ1) is 20.6. The highest BCUT2D eigenvalue weighted by atomic mass is 79.9. The number of pyridine rings is 1. The number of halogens is 1. The number of amides is 1. The number of para-hydroxylation sites is 1. The number of rotatable bonds is 5. The van der Waals surface area contributed by atoms with E-state index in [-0.39, 0.29) is 22.7 Å². The van der Waals surface area contributed by atoms with Gasteiger partial charge in [0, 0.05) is 17.7 Å². The number of nitrogens with one attached hydrogen (secondary N) is 1. The molecule has 4 rings (SSSR count). The first-order valence-electron chi connectivity index (χ1n) is 9.49. The summed E-state index contributed by atoms with van der Waals surface area (Å²) in [6.07, 6.45) is 1.54. The van der Waals surface area contributed by atoms with Gasteiger partial charge in [-0.3, -0.25) is 14.3 Å². The van der Waals surface area contributed by atoms with Crippen LogP contribution >= 0.6 is 15.9 Å². The van der Waals surface area contributed by atoms with Crippen molar-refractivity contribution in [2.45, 2.75) is 6.92 Å². The molecular weight excluding hydrogens is 460 g/mol. The van der Waals surface area contributed by atoms with E-state index >= 15 is 0 Å². The van der Waals surface area contributed by atoms with Crippen LogP contribution in [0.5, 0.6) is 11.6 Å². The summed E-state index contributed by atoms with van der Waals surface area (Å²) in [5, 5.41) is 2.74. The van der Waals surface area contributed by atoms with Crippen LogP contribution < -0.4 is 15.6 Å². The van der Waals surface area contributed by atoms with Gasteiger partial charge in [-0.15, -0.1) is 0 Å². The maximum atomic E-state index is 13.1. The van der Waals surface area contributed by atoms with Crippen LogP contribution in [0.3, 0.4) is 0 Å². The van der Waals surface area contributed by atoms with Crippen molar-refractivity contribution in [3.8, 4) is 17.3 Å². The molecule has 0 saturated heterocycles. The molecule has 31 heavy (non-hydrogen) atoms. The highest BCUT2D eigenvalue weighted by molar-refractivity contribution is 9.10. The Bertz CT molecular complexity index is 1290. The third-order valence-electron chi connectivity index (χ3n) is 4.84. The van der Waals surface area contributed by atoms with Gasteiger partial charge in [0.25, 0.3) is 11.5 Å². The third-order valence-corrected chi connectivity index (χ3v) is 5.37. The van der Waals surface area contributed by atoms with E-state index in [2.05, 4.69) is 26.2 Å². The van der Waals surface area contributed by atoms with Gasteiger partial charge in [-0.2, -0.15) is 0 Å². The second-order valence-electron chi connectivity index (χ2n) is 6.80. The fourth-order valence-corrected chi connectivity index (χ4v) is 3.42. The standard InChI is InChI=1S/C23H19BrN4O3/c1-15-20(23(30)28(27(15)2)17-7-4-3-5-8-17)26-21(29)19-9-6-14-25-22(19)31-18-12-10-16(24)11-13-18/h3-14H,1-2H3,(H,26,29). The number of carbonyl (C=O) groups is 1. The molecule has 1 amide bonds. The van der Waals surface area contributed by atoms with Crippen molar-refractivity contribution >= 4 is 27.5 Å². The number of nitrogens with zero attached hydrogens (tertiary/aromatic N) is 3. The largest absolute Gasteiger partial charge is 0.438 e. The van der Waals surface area contributed by atoms with E-state index in [1.807, 2.05) is 42.5 Å². The van der Waals surface area contributed by atoms with Gasteiger partial charge < -0.3 is 10.1 Å². The van der Waals surface area contributed by atoms with Gasteiger partial charge in [0.1, 0.15) is 17.0 Å². The molecular formula is C23H19BrN4O3. The molecule has 2 aromatic carbocycles. The molecule has 156 valence electrons. The Hall–Kier alpha value is -3.65. The zero-order valence-electron chi connectivity index (χ0n) is 16.9. The number of aromatic nitrogens is 3. The number of carbonyl (C=O) groups excluding carboxylic acids is 1. The fraction of sp³-hybridized carbons (Fsp3) is 0.0870. The lowest BCUT2D eigenvalue weighted by Gasteiger charge is -2.10. The van der Waals surface area contributed by atoms with Gasteiger partial charge >= 0.3 is 0 Å². The van der Waals surface area contributed by atoms with E-state index in [9.17, 15) is 9.59 Å². The molecule has 0 saturated carbocycles. The van der Waals surface area contributed by atoms with Gasteiger partial charge in [-0.25, -0.2) is 9.67 Å². The van der Waals surface area contributed by atoms with Gasteiger partial charge in [0.2, 0.25) is 5.88 Å². The summed E-state index contributed by atoms with van der Waals surface area (Å²) >= 11 is 3.37. The lowest BCUT2D eigenvalue weighted by Crippen LogP contribution is -2.23. The summed E-state index contributed by atoms with van der Waals surface area (Å²) in [4.78, 5) is 30.3. The predicted octanol–water partition coefficient (Wildman–Crippen LogP) is 4.69. The topological polar surface area (TPSA) is 78.2 Å². The average molecular weight is 479 g/mol. The van der Waals surface area contributed by atoms with Gasteiger partial charge in [-0.1, -0.05) is 34.1 Å². The Balaban J connectivity index is 1.66. The van der Waals surface area contributed by atoms with Crippen molar-refractivity contribution in [1.82, 2.24) is 14.3 Å². The van der Waals surface area contributed by atoms with Gasteiger partial charge in [0.05, 0.1) is 11.4 Å². The molecule has 0 bridgehead atoms. The third kappa shape index (κ3) is 4.15. The molecule has 7 nitrogen and oxygen atoms in total. The number of hydrogen-bond acceptors (Lipinski definition) is 4. The SMILES string of the molecule is Cc1c(NC(=O)c2cccnc2Oc2ccc(Br)cc2)c(=O)n(-c2ccccc2)n1C. The van der Waals surface area contributed by atoms with Crippen LogP contribution in [0, 0.1) is 6.92 Å². The zero-order chi connectivity index (χ0) is 22.0. The van der Waals surface area contributed by atoms with Crippen LogP contribution in [0.1, 0.15) is 16.1 Å². The molecule has 0 aliphatic heterocycles. The lowest BCUT2D eigenvalue weighted by atomic mass is 10.2. The van der Waals surface area contributed by atoms with E-state index in [1.165, 1.54) is 4.68 Å². The van der Waals surface area contributed by atoms with Crippen molar-refractivity contribution in [1.29, 1.82) is 0 Å². The Morgan fingerprint density at radius 3 is 2.45 bits per heavy atom. The summed E-state index contributed by atoms with van der Waals surface area (Å²) in [6.45, 7) is 1.78. The van der Waals surface area contributed by atoms with Crippen LogP contribution in [-0.4, -0.2) is 20.3 Å². The number of benzene rings is 2. The van der Waals surface area contributed by atoms with Crippen molar-refractivity contribution in [2.24, 2.45) is 7.05 Å². The maximum Gasteiger partial charge on any atom is 0.295 e. The van der Waals surface area contributed by atoms with Crippen molar-refractivity contribution in [2.75, 3.05) is 5.32 Å². The molecule has 0 aliphatic carbocycles. The molecule has 0 unspecified atom stereocenters. The monoisotopic (exact) mass is 478 g/mol. The number of anilines is 1. The average Bonchev–Trinajstić information content (AvgIpc) is 2.99. The summed E-state index contributed by atoms with van der Waals surface area (Å²) in [5.41, 5.74) is 1.44. The molecule has 0 aliphatic rings. The van der Waals surface area contributed by atoms with Crippen LogP contribution in [0.15, 0.2) is 82.2 Å². The second-order valence-corrected chi connectivity index (χ2v) is 7.72. The van der Waals surface area contributed by atoms with Crippen LogP contribution in [-0.2, 0) is 7.05 Å². The van der Waals surface area contributed by atoms with E-state index in [0.717, 1.165) is 4.47 Å². The Kier molecular flexibility index (Phi) is 5.73. The Morgan fingerprint density at radius 1 is 1.03 bits per heavy atom. The van der Waals surface area contributed by atoms with E-state index in [4.69, 9.17) is 4.74 Å². The summed E-state index contributed by atoms with van der Waals surface area (Å²) in [7, 11) is 1.77. The van der Waals surface area contributed by atoms with E-state index in [1.54, 1.807) is 49.1 Å². The first-order chi connectivity index (χ1) is 15.0. The molecule has 2 aromatic heterocycles. The number of ether oxygens (including phenoxy) is 1. The quantitative estimate of drug-likeness (QED) is 0.451. The van der Waals surface area contributed by atoms with Crippen LogP contribution in [0.4, 0.5) is 5.69 Å². The first-order valence-corrected chi connectivity index (χ1v) is 10.3. The molecule has 0 atom stereocenters. The molecule has 8 heteroatoms. The van der Waals surface area contributed by atoms with E-state index < -0.39 is 5.91 Å². The highest BCUT2D eigenvalue weighted by Gasteiger charge is 2.21. The van der Waals surface area contributed by atoms with Gasteiger partial charge in [0.15, 0.2) is 0 Å². The Morgan fingerprint density at radius 2 is 1.74 bits per heavy atom. The normalized spacial score (nSPS) is 10.7. The van der Waals surface area contributed by atoms with Gasteiger partial charge in [-0.05, 0) is 55.5 Å². The van der Waals surface area contributed by atoms with Crippen LogP contribution in [0.2, 0.25) is 0 Å². The summed E-state index contributed by atoms with van der Waals surface area (Å²) < 4.78 is 9.92. The summed E-state index contributed by atoms with van der Waals surface area (Å²) in [6, 6.07) is 19.7. The Labute approximate surface area is 187 Å². The molecule has 0 spiro atoms. The van der Waals surface area contributed by atoms with E-state index in [0.29, 0.717) is 17.1 Å². The summed E-state index contributed by atoms with van der Waals surface area (Å²) in [5.74, 6) is 0.212. The molecule has 2 heterocycles. The number of hydrogen-bond donors (Lipinski definition) is 1. The fourth-order valence-electron chi connectivity index (χ4n) is 3.15. The molecule has 0 fully saturated rings.